The Morgan fingerprint density at radius 2 is 2.32 bits per heavy atom. The summed E-state index contributed by atoms with van der Waals surface area (Å²) in [6.45, 7) is 0. The van der Waals surface area contributed by atoms with E-state index in [-0.39, 0.29) is 0 Å². The molecule has 0 saturated carbocycles. The van der Waals surface area contributed by atoms with Gasteiger partial charge in [0, 0.05) is 11.1 Å². The summed E-state index contributed by atoms with van der Waals surface area (Å²) in [5.41, 5.74) is 2.31. The number of hydrogen-bond acceptors (Lipinski definition) is 4. The molecule has 0 bridgehead atoms. The number of thiophene rings is 1. The summed E-state index contributed by atoms with van der Waals surface area (Å²) in [5.74, 6) is 0.718. The zero-order valence-corrected chi connectivity index (χ0v) is 11.2. The van der Waals surface area contributed by atoms with Crippen LogP contribution >= 0.6 is 11.3 Å². The molecule has 3 heterocycles. The maximum absolute atomic E-state index is 4.51. The summed E-state index contributed by atoms with van der Waals surface area (Å²) in [5, 5.41) is 10.1. The largest absolute Gasteiger partial charge is 0.346 e. The van der Waals surface area contributed by atoms with Gasteiger partial charge in [0.2, 0.25) is 5.95 Å². The third-order valence-corrected chi connectivity index (χ3v) is 4.59. The summed E-state index contributed by atoms with van der Waals surface area (Å²) in [6, 6.07) is 8.49. The number of nitrogens with one attached hydrogen (secondary N) is 1. The van der Waals surface area contributed by atoms with Crippen molar-refractivity contribution in [1.29, 1.82) is 0 Å². The van der Waals surface area contributed by atoms with Gasteiger partial charge in [0.05, 0.1) is 6.04 Å². The van der Waals surface area contributed by atoms with Crippen molar-refractivity contribution in [3.05, 3.63) is 46.3 Å². The van der Waals surface area contributed by atoms with Gasteiger partial charge >= 0.3 is 0 Å². The normalized spacial score (nSPS) is 18.4. The maximum Gasteiger partial charge on any atom is 0.243 e. The molecule has 0 aromatic carbocycles. The van der Waals surface area contributed by atoms with E-state index in [9.17, 15) is 0 Å². The average Bonchev–Trinajstić information content (AvgIpc) is 3.04. The van der Waals surface area contributed by atoms with E-state index < -0.39 is 0 Å². The van der Waals surface area contributed by atoms with Gasteiger partial charge in [-0.25, -0.2) is 4.52 Å². The summed E-state index contributed by atoms with van der Waals surface area (Å²) < 4.78 is 1.81. The molecule has 1 aliphatic carbocycles. The van der Waals surface area contributed by atoms with Crippen molar-refractivity contribution < 1.29 is 0 Å². The van der Waals surface area contributed by atoms with Crippen LogP contribution in [-0.4, -0.2) is 14.6 Å². The molecule has 96 valence electrons. The number of anilines is 1. The average molecular weight is 270 g/mol. The predicted octanol–water partition coefficient (Wildman–Crippen LogP) is 3.28. The van der Waals surface area contributed by atoms with Crippen molar-refractivity contribution >= 4 is 22.9 Å². The van der Waals surface area contributed by atoms with Gasteiger partial charge in [-0.3, -0.25) is 0 Å². The molecule has 0 saturated heterocycles. The lowest BCUT2D eigenvalue weighted by atomic mass is 9.94. The predicted molar refractivity (Wildman–Crippen MR) is 76.6 cm³/mol. The molecule has 0 amide bonds. The van der Waals surface area contributed by atoms with E-state index in [4.69, 9.17) is 0 Å². The first-order chi connectivity index (χ1) is 9.40. The third kappa shape index (κ3) is 1.90. The van der Waals surface area contributed by atoms with Crippen LogP contribution in [0.1, 0.15) is 29.3 Å². The van der Waals surface area contributed by atoms with E-state index in [0.29, 0.717) is 6.04 Å². The van der Waals surface area contributed by atoms with Crippen molar-refractivity contribution in [3.63, 3.8) is 0 Å². The molecule has 1 unspecified atom stereocenters. The topological polar surface area (TPSA) is 42.2 Å². The highest BCUT2D eigenvalue weighted by Gasteiger charge is 2.22. The molecule has 3 aromatic rings. The Kier molecular flexibility index (Phi) is 2.51. The van der Waals surface area contributed by atoms with Crippen molar-refractivity contribution in [2.24, 2.45) is 0 Å². The molecular weight excluding hydrogens is 256 g/mol. The molecule has 0 aliphatic heterocycles. The van der Waals surface area contributed by atoms with Gasteiger partial charge in [0.1, 0.15) is 0 Å². The van der Waals surface area contributed by atoms with Gasteiger partial charge in [0.15, 0.2) is 5.65 Å². The monoisotopic (exact) mass is 270 g/mol. The van der Waals surface area contributed by atoms with E-state index in [1.807, 2.05) is 35.7 Å². The molecule has 0 spiro atoms. The molecule has 0 radical (unpaired) electrons. The Morgan fingerprint density at radius 1 is 1.32 bits per heavy atom. The first-order valence-corrected chi connectivity index (χ1v) is 7.42. The van der Waals surface area contributed by atoms with Gasteiger partial charge in [0.25, 0.3) is 0 Å². The fraction of sp³-hybridized carbons (Fsp3) is 0.286. The molecule has 0 fully saturated rings. The van der Waals surface area contributed by atoms with Gasteiger partial charge in [-0.1, -0.05) is 6.07 Å². The highest BCUT2D eigenvalue weighted by molar-refractivity contribution is 7.10. The standard InChI is InChI=1S/C14H14N4S/c1-2-8-18-13(6-1)16-14(17-18)15-11-4-3-5-12-10(11)7-9-19-12/h1-2,6-9,11H,3-5H2,(H,15,17). The zero-order valence-electron chi connectivity index (χ0n) is 10.4. The van der Waals surface area contributed by atoms with Crippen LogP contribution in [0.25, 0.3) is 5.65 Å². The smallest absolute Gasteiger partial charge is 0.243 e. The third-order valence-electron chi connectivity index (χ3n) is 3.60. The second kappa shape index (κ2) is 4.35. The molecule has 4 rings (SSSR count). The molecule has 4 nitrogen and oxygen atoms in total. The maximum atomic E-state index is 4.51. The van der Waals surface area contributed by atoms with E-state index in [1.54, 1.807) is 4.52 Å². The Labute approximate surface area is 115 Å². The molecule has 5 heteroatoms. The van der Waals surface area contributed by atoms with Crippen LogP contribution in [0.2, 0.25) is 0 Å². The molecule has 1 aliphatic rings. The van der Waals surface area contributed by atoms with Crippen molar-refractivity contribution in [2.75, 3.05) is 5.32 Å². The zero-order chi connectivity index (χ0) is 12.7. The van der Waals surface area contributed by atoms with Gasteiger partial charge < -0.3 is 5.32 Å². The van der Waals surface area contributed by atoms with E-state index in [2.05, 4.69) is 26.8 Å². The molecule has 1 N–H and O–H groups in total. The number of nitrogens with zero attached hydrogens (tertiary/aromatic N) is 3. The Balaban J connectivity index is 1.65. The van der Waals surface area contributed by atoms with Crippen LogP contribution in [0.15, 0.2) is 35.8 Å². The Hall–Kier alpha value is -1.88. The SMILES string of the molecule is c1ccn2nc(NC3CCCc4sccc43)nc2c1. The molecule has 1 atom stereocenters. The number of aromatic nitrogens is 3. The lowest BCUT2D eigenvalue weighted by Crippen LogP contribution is -2.16. The second-order valence-electron chi connectivity index (χ2n) is 4.83. The van der Waals surface area contributed by atoms with Crippen LogP contribution < -0.4 is 5.32 Å². The van der Waals surface area contributed by atoms with E-state index in [0.717, 1.165) is 18.0 Å². The lowest BCUT2D eigenvalue weighted by Gasteiger charge is -2.22. The summed E-state index contributed by atoms with van der Waals surface area (Å²) in [6.07, 6.45) is 5.52. The fourth-order valence-electron chi connectivity index (χ4n) is 2.68. The van der Waals surface area contributed by atoms with E-state index >= 15 is 0 Å². The summed E-state index contributed by atoms with van der Waals surface area (Å²) >= 11 is 1.86. The highest BCUT2D eigenvalue weighted by atomic mass is 32.1. The van der Waals surface area contributed by atoms with Crippen LogP contribution in [0.5, 0.6) is 0 Å². The second-order valence-corrected chi connectivity index (χ2v) is 5.83. The summed E-state index contributed by atoms with van der Waals surface area (Å²) in [7, 11) is 0. The van der Waals surface area contributed by atoms with Crippen LogP contribution in [0.4, 0.5) is 5.95 Å². The minimum absolute atomic E-state index is 0.354. The summed E-state index contributed by atoms with van der Waals surface area (Å²) in [4.78, 5) is 6.02. The number of pyridine rings is 1. The molecule has 19 heavy (non-hydrogen) atoms. The number of fused-ring (bicyclic) bond motifs is 2. The van der Waals surface area contributed by atoms with Crippen LogP contribution in [0, 0.1) is 0 Å². The van der Waals surface area contributed by atoms with Crippen LogP contribution in [-0.2, 0) is 6.42 Å². The minimum atomic E-state index is 0.354. The first-order valence-electron chi connectivity index (χ1n) is 6.54. The highest BCUT2D eigenvalue weighted by Crippen LogP contribution is 2.34. The number of aryl methyl sites for hydroxylation is 1. The van der Waals surface area contributed by atoms with Crippen LogP contribution in [0.3, 0.4) is 0 Å². The number of rotatable bonds is 2. The molecular formula is C14H14N4S. The van der Waals surface area contributed by atoms with Gasteiger partial charge in [-0.15, -0.1) is 16.4 Å². The Bertz CT molecular complexity index is 682. The van der Waals surface area contributed by atoms with Gasteiger partial charge in [-0.2, -0.15) is 4.98 Å². The van der Waals surface area contributed by atoms with Crippen molar-refractivity contribution in [2.45, 2.75) is 25.3 Å². The van der Waals surface area contributed by atoms with Crippen molar-refractivity contribution in [3.8, 4) is 0 Å². The minimum Gasteiger partial charge on any atom is -0.346 e. The fourth-order valence-corrected chi connectivity index (χ4v) is 3.67. The Morgan fingerprint density at radius 3 is 3.26 bits per heavy atom. The molecule has 3 aromatic heterocycles. The first kappa shape index (κ1) is 11.0. The van der Waals surface area contributed by atoms with Gasteiger partial charge in [-0.05, 0) is 48.4 Å². The quantitative estimate of drug-likeness (QED) is 0.777. The van der Waals surface area contributed by atoms with E-state index in [1.165, 1.54) is 23.3 Å². The lowest BCUT2D eigenvalue weighted by molar-refractivity contribution is 0.604. The van der Waals surface area contributed by atoms with Crippen molar-refractivity contribution in [1.82, 2.24) is 14.6 Å². The number of hydrogen-bond donors (Lipinski definition) is 1.